The molecule has 1 atom stereocenters. The first-order chi connectivity index (χ1) is 12.0. The fourth-order valence-electron chi connectivity index (χ4n) is 2.84. The number of benzene rings is 2. The lowest BCUT2D eigenvalue weighted by atomic mass is 10.1. The molecule has 1 aliphatic heterocycles. The molecule has 0 saturated heterocycles. The number of hydrogen-bond donors (Lipinski definition) is 0. The molecule has 2 aromatic carbocycles. The SMILES string of the molecule is Cc1ccc(OCCN2CC(C(=O)N(C)C)Oc3ccccc32)cc1. The van der Waals surface area contributed by atoms with Crippen molar-refractivity contribution in [1.29, 1.82) is 0 Å². The van der Waals surface area contributed by atoms with E-state index in [0.717, 1.165) is 17.2 Å². The van der Waals surface area contributed by atoms with E-state index in [9.17, 15) is 4.79 Å². The van der Waals surface area contributed by atoms with Crippen molar-refractivity contribution in [2.45, 2.75) is 13.0 Å². The van der Waals surface area contributed by atoms with Gasteiger partial charge in [0.25, 0.3) is 5.91 Å². The third-order valence-corrected chi connectivity index (χ3v) is 4.23. The number of anilines is 1. The Hall–Kier alpha value is -2.69. The summed E-state index contributed by atoms with van der Waals surface area (Å²) >= 11 is 0. The molecule has 2 aromatic rings. The number of para-hydroxylation sites is 2. The van der Waals surface area contributed by atoms with Crippen LogP contribution in [0.3, 0.4) is 0 Å². The van der Waals surface area contributed by atoms with Crippen LogP contribution in [-0.2, 0) is 4.79 Å². The van der Waals surface area contributed by atoms with Gasteiger partial charge in [0, 0.05) is 14.1 Å². The summed E-state index contributed by atoms with van der Waals surface area (Å²) in [6.07, 6.45) is -0.496. The first-order valence-corrected chi connectivity index (χ1v) is 8.46. The van der Waals surface area contributed by atoms with Gasteiger partial charge in [0.1, 0.15) is 18.1 Å². The molecule has 0 aliphatic carbocycles. The Morgan fingerprint density at radius 2 is 1.92 bits per heavy atom. The van der Waals surface area contributed by atoms with Crippen LogP contribution in [0.15, 0.2) is 48.5 Å². The molecule has 0 saturated carbocycles. The number of likely N-dealkylation sites (N-methyl/N-ethyl adjacent to an activating group) is 1. The van der Waals surface area contributed by atoms with Crippen LogP contribution >= 0.6 is 0 Å². The average molecular weight is 340 g/mol. The number of fused-ring (bicyclic) bond motifs is 1. The van der Waals surface area contributed by atoms with E-state index in [1.807, 2.05) is 48.5 Å². The molecule has 1 aliphatic rings. The van der Waals surface area contributed by atoms with Gasteiger partial charge in [-0.25, -0.2) is 0 Å². The normalized spacial score (nSPS) is 16.0. The molecule has 0 bridgehead atoms. The molecule has 0 spiro atoms. The van der Waals surface area contributed by atoms with Crippen LogP contribution in [0.5, 0.6) is 11.5 Å². The van der Waals surface area contributed by atoms with Crippen molar-refractivity contribution in [1.82, 2.24) is 4.90 Å². The second-order valence-electron chi connectivity index (χ2n) is 6.41. The summed E-state index contributed by atoms with van der Waals surface area (Å²) in [5.41, 5.74) is 2.21. The molecule has 1 amide bonds. The van der Waals surface area contributed by atoms with Crippen LogP contribution in [0.25, 0.3) is 0 Å². The summed E-state index contributed by atoms with van der Waals surface area (Å²) < 4.78 is 11.7. The molecule has 0 radical (unpaired) electrons. The van der Waals surface area contributed by atoms with Crippen molar-refractivity contribution < 1.29 is 14.3 Å². The van der Waals surface area contributed by atoms with Gasteiger partial charge >= 0.3 is 0 Å². The number of amides is 1. The lowest BCUT2D eigenvalue weighted by Gasteiger charge is -2.36. The fourth-order valence-corrected chi connectivity index (χ4v) is 2.84. The van der Waals surface area contributed by atoms with Crippen molar-refractivity contribution in [2.75, 3.05) is 38.7 Å². The predicted molar refractivity (Wildman–Crippen MR) is 98.4 cm³/mol. The Morgan fingerprint density at radius 3 is 2.64 bits per heavy atom. The molecule has 5 nitrogen and oxygen atoms in total. The van der Waals surface area contributed by atoms with Gasteiger partial charge in [-0.15, -0.1) is 0 Å². The smallest absolute Gasteiger partial charge is 0.265 e. The number of rotatable bonds is 5. The first-order valence-electron chi connectivity index (χ1n) is 8.46. The van der Waals surface area contributed by atoms with E-state index in [0.29, 0.717) is 19.7 Å². The second kappa shape index (κ2) is 7.47. The summed E-state index contributed by atoms with van der Waals surface area (Å²) in [6, 6.07) is 15.8. The molecule has 1 unspecified atom stereocenters. The highest BCUT2D eigenvalue weighted by Crippen LogP contribution is 2.33. The Labute approximate surface area is 148 Å². The molecule has 25 heavy (non-hydrogen) atoms. The molecule has 5 heteroatoms. The third-order valence-electron chi connectivity index (χ3n) is 4.23. The monoisotopic (exact) mass is 340 g/mol. The molecular formula is C20H24N2O3. The molecule has 0 fully saturated rings. The Balaban J connectivity index is 1.68. The maximum Gasteiger partial charge on any atom is 0.265 e. The Bertz CT molecular complexity index is 728. The van der Waals surface area contributed by atoms with Crippen molar-refractivity contribution in [3.8, 4) is 11.5 Å². The van der Waals surface area contributed by atoms with Crippen LogP contribution < -0.4 is 14.4 Å². The Kier molecular flexibility index (Phi) is 5.12. The molecule has 0 N–H and O–H groups in total. The van der Waals surface area contributed by atoms with E-state index in [1.165, 1.54) is 5.56 Å². The summed E-state index contributed by atoms with van der Waals surface area (Å²) in [7, 11) is 3.49. The topological polar surface area (TPSA) is 42.0 Å². The van der Waals surface area contributed by atoms with Crippen molar-refractivity contribution in [3.05, 3.63) is 54.1 Å². The average Bonchev–Trinajstić information content (AvgIpc) is 2.62. The van der Waals surface area contributed by atoms with E-state index in [4.69, 9.17) is 9.47 Å². The minimum absolute atomic E-state index is 0.0287. The van der Waals surface area contributed by atoms with Crippen LogP contribution in [0.4, 0.5) is 5.69 Å². The third kappa shape index (κ3) is 4.05. The van der Waals surface area contributed by atoms with Gasteiger partial charge < -0.3 is 19.3 Å². The number of hydrogen-bond acceptors (Lipinski definition) is 4. The van der Waals surface area contributed by atoms with Crippen LogP contribution in [-0.4, -0.2) is 50.7 Å². The van der Waals surface area contributed by atoms with Crippen molar-refractivity contribution in [3.63, 3.8) is 0 Å². The van der Waals surface area contributed by atoms with Crippen molar-refractivity contribution in [2.24, 2.45) is 0 Å². The quantitative estimate of drug-likeness (QED) is 0.839. The van der Waals surface area contributed by atoms with Gasteiger partial charge in [0.05, 0.1) is 18.8 Å². The number of aryl methyl sites for hydroxylation is 1. The van der Waals surface area contributed by atoms with E-state index in [2.05, 4.69) is 11.8 Å². The number of nitrogens with zero attached hydrogens (tertiary/aromatic N) is 2. The molecular weight excluding hydrogens is 316 g/mol. The number of carbonyl (C=O) groups excluding carboxylic acids is 1. The predicted octanol–water partition coefficient (Wildman–Crippen LogP) is 2.73. The summed E-state index contributed by atoms with van der Waals surface area (Å²) in [5, 5.41) is 0. The molecule has 1 heterocycles. The van der Waals surface area contributed by atoms with E-state index >= 15 is 0 Å². The van der Waals surface area contributed by atoms with E-state index < -0.39 is 6.10 Å². The van der Waals surface area contributed by atoms with Crippen LogP contribution in [0.1, 0.15) is 5.56 Å². The highest BCUT2D eigenvalue weighted by Gasteiger charge is 2.31. The van der Waals surface area contributed by atoms with Gasteiger partial charge in [0.15, 0.2) is 6.10 Å². The lowest BCUT2D eigenvalue weighted by molar-refractivity contribution is -0.136. The lowest BCUT2D eigenvalue weighted by Crippen LogP contribution is -2.49. The van der Waals surface area contributed by atoms with Crippen molar-refractivity contribution >= 4 is 11.6 Å². The van der Waals surface area contributed by atoms with Crippen LogP contribution in [0.2, 0.25) is 0 Å². The minimum atomic E-state index is -0.496. The van der Waals surface area contributed by atoms with Gasteiger partial charge in [-0.3, -0.25) is 4.79 Å². The summed E-state index contributed by atoms with van der Waals surface area (Å²) in [5.74, 6) is 1.57. The van der Waals surface area contributed by atoms with Gasteiger partial charge in [0.2, 0.25) is 0 Å². The molecule has 0 aromatic heterocycles. The number of carbonyl (C=O) groups is 1. The zero-order valence-corrected chi connectivity index (χ0v) is 14.9. The standard InChI is InChI=1S/C20H24N2O3/c1-15-8-10-16(11-9-15)24-13-12-22-14-19(20(23)21(2)3)25-18-7-5-4-6-17(18)22/h4-11,19H,12-14H2,1-3H3. The van der Waals surface area contributed by atoms with Gasteiger partial charge in [-0.1, -0.05) is 29.8 Å². The Morgan fingerprint density at radius 1 is 1.20 bits per heavy atom. The van der Waals surface area contributed by atoms with Crippen LogP contribution in [0, 0.1) is 6.92 Å². The van der Waals surface area contributed by atoms with Gasteiger partial charge in [-0.2, -0.15) is 0 Å². The largest absolute Gasteiger partial charge is 0.492 e. The second-order valence-corrected chi connectivity index (χ2v) is 6.41. The molecule has 132 valence electrons. The highest BCUT2D eigenvalue weighted by molar-refractivity contribution is 5.83. The van der Waals surface area contributed by atoms with E-state index in [1.54, 1.807) is 19.0 Å². The zero-order chi connectivity index (χ0) is 17.8. The maximum atomic E-state index is 12.3. The van der Waals surface area contributed by atoms with Gasteiger partial charge in [-0.05, 0) is 31.2 Å². The number of ether oxygens (including phenoxy) is 2. The minimum Gasteiger partial charge on any atom is -0.492 e. The zero-order valence-electron chi connectivity index (χ0n) is 14.9. The highest BCUT2D eigenvalue weighted by atomic mass is 16.5. The first kappa shape index (κ1) is 17.1. The summed E-state index contributed by atoms with van der Waals surface area (Å²) in [6.45, 7) is 3.80. The van der Waals surface area contributed by atoms with E-state index in [-0.39, 0.29) is 5.91 Å². The fraction of sp³-hybridized carbons (Fsp3) is 0.350. The summed E-state index contributed by atoms with van der Waals surface area (Å²) in [4.78, 5) is 16.0. The molecule has 3 rings (SSSR count). The maximum absolute atomic E-state index is 12.3.